The number of carbonyl (C=O) groups excluding carboxylic acids is 1. The van der Waals surface area contributed by atoms with E-state index in [1.807, 2.05) is 6.92 Å². The number of aliphatic hydroxyl groups is 1. The van der Waals surface area contributed by atoms with Crippen molar-refractivity contribution in [1.82, 2.24) is 8.61 Å². The normalized spacial score (nSPS) is 24.5. The molecule has 0 aromatic rings. The fourth-order valence-corrected chi connectivity index (χ4v) is 4.85. The molecule has 1 N–H and O–H groups in total. The fourth-order valence-electron chi connectivity index (χ4n) is 3.05. The number of nitrogens with zero attached hydrogens (tertiary/aromatic N) is 2. The summed E-state index contributed by atoms with van der Waals surface area (Å²) in [6, 6.07) is 0. The molecule has 0 unspecified atom stereocenters. The van der Waals surface area contributed by atoms with Gasteiger partial charge < -0.3 is 9.84 Å². The average Bonchev–Trinajstić information content (AvgIpc) is 2.44. The van der Waals surface area contributed by atoms with Gasteiger partial charge in [0.2, 0.25) is 0 Å². The molecule has 2 heterocycles. The molecular formula is C13H24N2O5S. The number of hydrogen-bond donors (Lipinski definition) is 1. The molecule has 2 fully saturated rings. The Kier molecular flexibility index (Phi) is 4.92. The van der Waals surface area contributed by atoms with Crippen LogP contribution in [0.5, 0.6) is 0 Å². The predicted octanol–water partition coefficient (Wildman–Crippen LogP) is -0.0370. The molecule has 0 amide bonds. The lowest BCUT2D eigenvalue weighted by atomic mass is 9.92. The van der Waals surface area contributed by atoms with Gasteiger partial charge >= 0.3 is 5.97 Å². The summed E-state index contributed by atoms with van der Waals surface area (Å²) in [5.41, 5.74) is -0.869. The largest absolute Gasteiger partial charge is 0.469 e. The highest BCUT2D eigenvalue weighted by Crippen LogP contribution is 2.31. The van der Waals surface area contributed by atoms with Crippen molar-refractivity contribution in [3.63, 3.8) is 0 Å². The van der Waals surface area contributed by atoms with Gasteiger partial charge in [0.25, 0.3) is 10.2 Å². The number of β-amino-alcohol motifs (C(OH)–C–C–N with tert-alkyl or cyclic N) is 1. The summed E-state index contributed by atoms with van der Waals surface area (Å²) in [4.78, 5) is 11.4. The van der Waals surface area contributed by atoms with E-state index in [2.05, 4.69) is 0 Å². The number of methoxy groups -OCH3 is 1. The van der Waals surface area contributed by atoms with E-state index in [1.165, 1.54) is 15.7 Å². The Morgan fingerprint density at radius 2 is 1.86 bits per heavy atom. The number of hydrogen-bond acceptors (Lipinski definition) is 5. The van der Waals surface area contributed by atoms with E-state index in [1.54, 1.807) is 0 Å². The predicted molar refractivity (Wildman–Crippen MR) is 76.7 cm³/mol. The molecule has 0 aromatic carbocycles. The molecule has 0 atom stereocenters. The minimum absolute atomic E-state index is 0.167. The SMILES string of the molecule is CCCC1(O)CN(S(=O)(=O)N2CCC(C(=O)OC)CC2)C1. The number of rotatable bonds is 5. The van der Waals surface area contributed by atoms with E-state index in [0.717, 1.165) is 6.42 Å². The lowest BCUT2D eigenvalue weighted by Crippen LogP contribution is -2.66. The Hall–Kier alpha value is -0.700. The molecule has 0 aliphatic carbocycles. The van der Waals surface area contributed by atoms with E-state index < -0.39 is 15.8 Å². The third-order valence-corrected chi connectivity index (χ3v) is 6.23. The Bertz CT molecular complexity index is 479. The first-order valence-corrected chi connectivity index (χ1v) is 8.77. The third-order valence-electron chi connectivity index (χ3n) is 4.30. The van der Waals surface area contributed by atoms with Gasteiger partial charge in [-0.3, -0.25) is 4.79 Å². The summed E-state index contributed by atoms with van der Waals surface area (Å²) >= 11 is 0. The van der Waals surface area contributed by atoms with Crippen molar-refractivity contribution in [2.45, 2.75) is 38.2 Å². The van der Waals surface area contributed by atoms with Crippen LogP contribution in [-0.2, 0) is 19.7 Å². The minimum atomic E-state index is -3.52. The Morgan fingerprint density at radius 3 is 2.33 bits per heavy atom. The molecule has 0 bridgehead atoms. The van der Waals surface area contributed by atoms with Gasteiger partial charge in [0.15, 0.2) is 0 Å². The molecule has 2 aliphatic rings. The molecule has 7 nitrogen and oxygen atoms in total. The quantitative estimate of drug-likeness (QED) is 0.719. The molecule has 0 aromatic heterocycles. The van der Waals surface area contributed by atoms with Gasteiger partial charge in [0, 0.05) is 26.2 Å². The van der Waals surface area contributed by atoms with Crippen LogP contribution in [0.2, 0.25) is 0 Å². The summed E-state index contributed by atoms with van der Waals surface area (Å²) in [5.74, 6) is -0.483. The highest BCUT2D eigenvalue weighted by Gasteiger charge is 2.48. The van der Waals surface area contributed by atoms with Crippen LogP contribution in [0.1, 0.15) is 32.6 Å². The van der Waals surface area contributed by atoms with Crippen LogP contribution in [0, 0.1) is 5.92 Å². The Morgan fingerprint density at radius 1 is 1.29 bits per heavy atom. The maximum Gasteiger partial charge on any atom is 0.308 e. The molecule has 2 rings (SSSR count). The summed E-state index contributed by atoms with van der Waals surface area (Å²) in [6.45, 7) is 2.95. The molecule has 8 heteroatoms. The first-order valence-electron chi connectivity index (χ1n) is 7.38. The highest BCUT2D eigenvalue weighted by atomic mass is 32.2. The topological polar surface area (TPSA) is 87.2 Å². The van der Waals surface area contributed by atoms with Gasteiger partial charge in [-0.25, -0.2) is 0 Å². The van der Waals surface area contributed by atoms with Gasteiger partial charge in [-0.1, -0.05) is 13.3 Å². The van der Waals surface area contributed by atoms with Gasteiger partial charge in [-0.15, -0.1) is 0 Å². The number of carbonyl (C=O) groups is 1. The van der Waals surface area contributed by atoms with E-state index in [0.29, 0.717) is 32.4 Å². The van der Waals surface area contributed by atoms with E-state index >= 15 is 0 Å². The number of ether oxygens (including phenoxy) is 1. The third kappa shape index (κ3) is 3.39. The molecule has 0 saturated carbocycles. The molecule has 2 aliphatic heterocycles. The van der Waals surface area contributed by atoms with Gasteiger partial charge in [-0.2, -0.15) is 17.0 Å². The van der Waals surface area contributed by atoms with E-state index in [9.17, 15) is 18.3 Å². The van der Waals surface area contributed by atoms with Crippen molar-refractivity contribution in [1.29, 1.82) is 0 Å². The van der Waals surface area contributed by atoms with Crippen molar-refractivity contribution >= 4 is 16.2 Å². The lowest BCUT2D eigenvalue weighted by molar-refractivity contribution is -0.146. The molecule has 2 saturated heterocycles. The first kappa shape index (κ1) is 16.7. The van der Waals surface area contributed by atoms with Crippen LogP contribution in [0.25, 0.3) is 0 Å². The highest BCUT2D eigenvalue weighted by molar-refractivity contribution is 7.86. The smallest absolute Gasteiger partial charge is 0.308 e. The summed E-state index contributed by atoms with van der Waals surface area (Å²) < 4.78 is 32.3. The first-order chi connectivity index (χ1) is 9.82. The van der Waals surface area contributed by atoms with Crippen molar-refractivity contribution in [3.8, 4) is 0 Å². The zero-order chi connectivity index (χ0) is 15.7. The summed E-state index contributed by atoms with van der Waals surface area (Å²) in [6.07, 6.45) is 2.41. The summed E-state index contributed by atoms with van der Waals surface area (Å²) in [7, 11) is -2.17. The standard InChI is InChI=1S/C13H24N2O5S/c1-3-6-13(17)9-15(10-13)21(18,19)14-7-4-11(5-8-14)12(16)20-2/h11,17H,3-10H2,1-2H3. The van der Waals surface area contributed by atoms with Crippen LogP contribution in [0.4, 0.5) is 0 Å². The number of esters is 1. The number of piperidine rings is 1. The second-order valence-electron chi connectivity index (χ2n) is 5.95. The van der Waals surface area contributed by atoms with Crippen LogP contribution in [0.15, 0.2) is 0 Å². The second kappa shape index (κ2) is 6.20. The zero-order valence-electron chi connectivity index (χ0n) is 12.6. The second-order valence-corrected chi connectivity index (χ2v) is 7.88. The van der Waals surface area contributed by atoms with Crippen LogP contribution in [-0.4, -0.2) is 67.0 Å². The maximum atomic E-state index is 12.4. The Balaban J connectivity index is 1.90. The maximum absolute atomic E-state index is 12.4. The van der Waals surface area contributed by atoms with Gasteiger partial charge in [0.1, 0.15) is 0 Å². The van der Waals surface area contributed by atoms with Crippen molar-refractivity contribution in [2.75, 3.05) is 33.3 Å². The molecule has 0 spiro atoms. The average molecular weight is 320 g/mol. The summed E-state index contributed by atoms with van der Waals surface area (Å²) in [5, 5.41) is 10.1. The fraction of sp³-hybridized carbons (Fsp3) is 0.923. The molecular weight excluding hydrogens is 296 g/mol. The van der Waals surface area contributed by atoms with Crippen molar-refractivity contribution in [2.24, 2.45) is 5.92 Å². The monoisotopic (exact) mass is 320 g/mol. The van der Waals surface area contributed by atoms with Crippen LogP contribution in [0.3, 0.4) is 0 Å². The minimum Gasteiger partial charge on any atom is -0.469 e. The lowest BCUT2D eigenvalue weighted by Gasteiger charge is -2.47. The van der Waals surface area contributed by atoms with Crippen molar-refractivity contribution < 1.29 is 23.1 Å². The Labute approximate surface area is 126 Å². The van der Waals surface area contributed by atoms with Crippen LogP contribution < -0.4 is 0 Å². The van der Waals surface area contributed by atoms with Gasteiger partial charge in [-0.05, 0) is 19.3 Å². The van der Waals surface area contributed by atoms with Crippen LogP contribution >= 0.6 is 0 Å². The van der Waals surface area contributed by atoms with Gasteiger partial charge in [0.05, 0.1) is 18.6 Å². The van der Waals surface area contributed by atoms with E-state index in [4.69, 9.17) is 4.74 Å². The zero-order valence-corrected chi connectivity index (χ0v) is 13.4. The molecule has 0 radical (unpaired) electrons. The molecule has 122 valence electrons. The van der Waals surface area contributed by atoms with E-state index in [-0.39, 0.29) is 25.0 Å². The van der Waals surface area contributed by atoms with Crippen molar-refractivity contribution in [3.05, 3.63) is 0 Å². The molecule has 21 heavy (non-hydrogen) atoms.